The van der Waals surface area contributed by atoms with E-state index in [1.54, 1.807) is 7.11 Å². The lowest BCUT2D eigenvalue weighted by Crippen LogP contribution is -2.48. The third kappa shape index (κ3) is 3.66. The zero-order chi connectivity index (χ0) is 20.5. The van der Waals surface area contributed by atoms with E-state index >= 15 is 0 Å². The molecule has 4 rings (SSSR count). The van der Waals surface area contributed by atoms with Crippen LogP contribution in [-0.2, 0) is 14.3 Å². The van der Waals surface area contributed by atoms with Crippen LogP contribution >= 0.6 is 0 Å². The molecule has 2 unspecified atom stereocenters. The second kappa shape index (κ2) is 8.19. The summed E-state index contributed by atoms with van der Waals surface area (Å²) >= 11 is 0. The number of hydrogen-bond acceptors (Lipinski definition) is 5. The zero-order valence-electron chi connectivity index (χ0n) is 17.5. The molecule has 2 heterocycles. The van der Waals surface area contributed by atoms with E-state index in [0.29, 0.717) is 35.7 Å². The van der Waals surface area contributed by atoms with E-state index in [1.165, 1.54) is 11.3 Å². The van der Waals surface area contributed by atoms with E-state index in [1.807, 2.05) is 43.0 Å². The van der Waals surface area contributed by atoms with Crippen molar-refractivity contribution in [2.45, 2.75) is 64.2 Å². The number of amides is 2. The number of carbonyl (C=O) groups excluding carboxylic acids is 2. The Morgan fingerprint density at radius 2 is 1.62 bits per heavy atom. The summed E-state index contributed by atoms with van der Waals surface area (Å²) in [7, 11) is 1.60. The Bertz CT molecular complexity index is 818. The van der Waals surface area contributed by atoms with Gasteiger partial charge >= 0.3 is 0 Å². The van der Waals surface area contributed by atoms with Crippen LogP contribution in [0.4, 0.5) is 0 Å². The molecule has 2 aliphatic heterocycles. The fraction of sp³-hybridized carbons (Fsp3) is 0.565. The summed E-state index contributed by atoms with van der Waals surface area (Å²) in [6, 6.07) is 7.46. The van der Waals surface area contributed by atoms with Gasteiger partial charge in [-0.05, 0) is 32.8 Å². The summed E-state index contributed by atoms with van der Waals surface area (Å²) in [5, 5.41) is 0. The molecule has 6 nitrogen and oxygen atoms in total. The average molecular weight is 399 g/mol. The highest BCUT2D eigenvalue weighted by molar-refractivity contribution is 6.36. The quantitative estimate of drug-likeness (QED) is 0.729. The molecule has 29 heavy (non-hydrogen) atoms. The minimum absolute atomic E-state index is 0.00296. The average Bonchev–Trinajstić information content (AvgIpc) is 2.98. The van der Waals surface area contributed by atoms with Crippen LogP contribution in [0.2, 0.25) is 0 Å². The fourth-order valence-electron chi connectivity index (χ4n) is 4.95. The number of ether oxygens (including phenoxy) is 2. The van der Waals surface area contributed by atoms with Crippen LogP contribution < -0.4 is 4.74 Å². The molecule has 6 heteroatoms. The van der Waals surface area contributed by atoms with Gasteiger partial charge in [0.1, 0.15) is 11.4 Å². The van der Waals surface area contributed by atoms with Gasteiger partial charge in [-0.3, -0.25) is 14.5 Å². The zero-order valence-corrected chi connectivity index (χ0v) is 17.5. The first-order valence-electron chi connectivity index (χ1n) is 10.7. The van der Waals surface area contributed by atoms with Crippen LogP contribution in [-0.4, -0.2) is 60.1 Å². The Morgan fingerprint density at radius 3 is 2.28 bits per heavy atom. The number of para-hydroxylation sites is 1. The van der Waals surface area contributed by atoms with Crippen molar-refractivity contribution in [1.29, 1.82) is 0 Å². The highest BCUT2D eigenvalue weighted by Crippen LogP contribution is 2.39. The summed E-state index contributed by atoms with van der Waals surface area (Å²) < 4.78 is 11.4. The molecule has 0 spiro atoms. The Kier molecular flexibility index (Phi) is 5.63. The molecule has 0 radical (unpaired) electrons. The lowest BCUT2D eigenvalue weighted by molar-refractivity contribution is -0.141. The smallest absolute Gasteiger partial charge is 0.278 e. The van der Waals surface area contributed by atoms with E-state index in [9.17, 15) is 9.59 Å². The molecule has 1 aromatic carbocycles. The Labute approximate surface area is 172 Å². The number of hydrogen-bond donors (Lipinski definition) is 0. The van der Waals surface area contributed by atoms with Crippen molar-refractivity contribution in [2.24, 2.45) is 0 Å². The maximum absolute atomic E-state index is 13.6. The van der Waals surface area contributed by atoms with E-state index in [0.717, 1.165) is 25.7 Å². The molecule has 1 aliphatic carbocycles. The van der Waals surface area contributed by atoms with Gasteiger partial charge in [-0.25, -0.2) is 0 Å². The first-order valence-corrected chi connectivity index (χ1v) is 10.7. The van der Waals surface area contributed by atoms with Crippen LogP contribution in [0.3, 0.4) is 0 Å². The molecular weight excluding hydrogens is 368 g/mol. The molecule has 0 bridgehead atoms. The molecule has 2 atom stereocenters. The molecule has 2 fully saturated rings. The molecule has 1 saturated carbocycles. The van der Waals surface area contributed by atoms with Gasteiger partial charge in [0.15, 0.2) is 0 Å². The second-order valence-electron chi connectivity index (χ2n) is 8.36. The summed E-state index contributed by atoms with van der Waals surface area (Å²) in [5.74, 6) is 0.262. The maximum atomic E-state index is 13.6. The normalized spacial score (nSPS) is 26.4. The summed E-state index contributed by atoms with van der Waals surface area (Å²) in [6.07, 6.45) is 5.07. The summed E-state index contributed by atoms with van der Waals surface area (Å²) in [4.78, 5) is 30.8. The van der Waals surface area contributed by atoms with Gasteiger partial charge in [-0.15, -0.1) is 0 Å². The van der Waals surface area contributed by atoms with Crippen molar-refractivity contribution in [3.63, 3.8) is 0 Å². The van der Waals surface area contributed by atoms with Crippen molar-refractivity contribution >= 4 is 17.4 Å². The van der Waals surface area contributed by atoms with Gasteiger partial charge in [-0.2, -0.15) is 0 Å². The number of methoxy groups -OCH3 is 1. The van der Waals surface area contributed by atoms with Gasteiger partial charge in [0, 0.05) is 24.7 Å². The Hall–Kier alpha value is -2.34. The number of nitrogens with zero attached hydrogens (tertiary/aromatic N) is 2. The predicted octanol–water partition coefficient (Wildman–Crippen LogP) is 3.22. The van der Waals surface area contributed by atoms with Gasteiger partial charge in [0.2, 0.25) is 0 Å². The maximum Gasteiger partial charge on any atom is 0.278 e. The van der Waals surface area contributed by atoms with E-state index in [-0.39, 0.29) is 30.1 Å². The lowest BCUT2D eigenvalue weighted by atomic mass is 9.94. The third-order valence-corrected chi connectivity index (χ3v) is 6.14. The van der Waals surface area contributed by atoms with Crippen LogP contribution in [0.1, 0.15) is 51.5 Å². The van der Waals surface area contributed by atoms with E-state index in [4.69, 9.17) is 9.47 Å². The third-order valence-electron chi connectivity index (χ3n) is 6.14. The van der Waals surface area contributed by atoms with Crippen molar-refractivity contribution in [3.05, 3.63) is 35.5 Å². The standard InChI is InChI=1S/C23H30N2O4/c1-15-13-24(14-16(2)29-15)21-20(18-11-7-8-12-19(18)28-3)22(26)25(23(21)27)17-9-5-4-6-10-17/h7-8,11-12,15-17H,4-6,9-10,13-14H2,1-3H3. The van der Waals surface area contributed by atoms with Gasteiger partial charge in [-0.1, -0.05) is 37.5 Å². The van der Waals surface area contributed by atoms with Crippen molar-refractivity contribution in [3.8, 4) is 5.75 Å². The van der Waals surface area contributed by atoms with Crippen LogP contribution in [0, 0.1) is 0 Å². The number of carbonyl (C=O) groups is 2. The van der Waals surface area contributed by atoms with E-state index in [2.05, 4.69) is 0 Å². The monoisotopic (exact) mass is 398 g/mol. The predicted molar refractivity (Wildman–Crippen MR) is 110 cm³/mol. The van der Waals surface area contributed by atoms with Gasteiger partial charge in [0.05, 0.1) is 24.9 Å². The first kappa shape index (κ1) is 20.0. The highest BCUT2D eigenvalue weighted by atomic mass is 16.5. The minimum Gasteiger partial charge on any atom is -0.496 e. The number of benzene rings is 1. The first-order chi connectivity index (χ1) is 14.0. The van der Waals surface area contributed by atoms with Crippen LogP contribution in [0.15, 0.2) is 30.0 Å². The molecule has 2 amide bonds. The minimum atomic E-state index is -0.187. The number of rotatable bonds is 4. The van der Waals surface area contributed by atoms with Crippen molar-refractivity contribution < 1.29 is 19.1 Å². The van der Waals surface area contributed by atoms with Crippen LogP contribution in [0.5, 0.6) is 5.75 Å². The van der Waals surface area contributed by atoms with Gasteiger partial charge < -0.3 is 14.4 Å². The molecule has 1 saturated heterocycles. The molecule has 156 valence electrons. The molecule has 1 aromatic rings. The summed E-state index contributed by atoms with van der Waals surface area (Å²) in [5.41, 5.74) is 1.67. The fourth-order valence-corrected chi connectivity index (χ4v) is 4.95. The molecular formula is C23H30N2O4. The Morgan fingerprint density at radius 1 is 0.966 bits per heavy atom. The Balaban J connectivity index is 1.80. The van der Waals surface area contributed by atoms with Gasteiger partial charge in [0.25, 0.3) is 11.8 Å². The van der Waals surface area contributed by atoms with Crippen molar-refractivity contribution in [2.75, 3.05) is 20.2 Å². The van der Waals surface area contributed by atoms with E-state index < -0.39 is 0 Å². The summed E-state index contributed by atoms with van der Waals surface area (Å²) in [6.45, 7) is 5.20. The number of morpholine rings is 1. The molecule has 0 N–H and O–H groups in total. The topological polar surface area (TPSA) is 59.1 Å². The van der Waals surface area contributed by atoms with Crippen LogP contribution in [0.25, 0.3) is 5.57 Å². The largest absolute Gasteiger partial charge is 0.496 e. The highest BCUT2D eigenvalue weighted by Gasteiger charge is 2.46. The van der Waals surface area contributed by atoms with Crippen molar-refractivity contribution in [1.82, 2.24) is 9.80 Å². The molecule has 3 aliphatic rings. The molecule has 0 aromatic heterocycles. The second-order valence-corrected chi connectivity index (χ2v) is 8.36. The number of imide groups is 1. The SMILES string of the molecule is COc1ccccc1C1=C(N2CC(C)OC(C)C2)C(=O)N(C2CCCCC2)C1=O. The lowest BCUT2D eigenvalue weighted by Gasteiger charge is -2.37.